The summed E-state index contributed by atoms with van der Waals surface area (Å²) in [5, 5.41) is 5.80. The Bertz CT molecular complexity index is 656. The molecule has 1 aliphatic rings. The summed E-state index contributed by atoms with van der Waals surface area (Å²) < 4.78 is 11.5. The Morgan fingerprint density at radius 2 is 2.23 bits per heavy atom. The zero-order chi connectivity index (χ0) is 15.4. The number of thiazole rings is 1. The van der Waals surface area contributed by atoms with Crippen molar-refractivity contribution in [2.24, 2.45) is 0 Å². The third-order valence-electron chi connectivity index (χ3n) is 3.36. The molecule has 1 amide bonds. The molecule has 1 aliphatic heterocycles. The van der Waals surface area contributed by atoms with Crippen LogP contribution in [0.1, 0.15) is 17.1 Å². The lowest BCUT2D eigenvalue weighted by atomic mass is 10.2. The van der Waals surface area contributed by atoms with Crippen LogP contribution in [-0.2, 0) is 11.2 Å². The van der Waals surface area contributed by atoms with Gasteiger partial charge in [0.2, 0.25) is 5.91 Å². The largest absolute Gasteiger partial charge is 0.486 e. The monoisotopic (exact) mass is 318 g/mol. The Labute approximate surface area is 133 Å². The van der Waals surface area contributed by atoms with Gasteiger partial charge in [0.1, 0.15) is 12.7 Å². The van der Waals surface area contributed by atoms with Crippen LogP contribution in [0.5, 0.6) is 11.5 Å². The highest BCUT2D eigenvalue weighted by Crippen LogP contribution is 2.31. The molecule has 0 bridgehead atoms. The van der Waals surface area contributed by atoms with Crippen molar-refractivity contribution in [3.8, 4) is 11.5 Å². The van der Waals surface area contributed by atoms with E-state index in [-0.39, 0.29) is 12.0 Å². The maximum atomic E-state index is 11.8. The first kappa shape index (κ1) is 14.8. The standard InChI is InChI=1S/C16H18N2O3S/c1-11-18-12(10-22-11)8-16(19)17-7-6-13-9-20-14-4-2-3-5-15(14)21-13/h2-5,10,13H,6-9H2,1H3,(H,17,19)/t13-/m1/s1. The van der Waals surface area contributed by atoms with Crippen LogP contribution in [-0.4, -0.2) is 30.1 Å². The van der Waals surface area contributed by atoms with E-state index >= 15 is 0 Å². The number of fused-ring (bicyclic) bond motifs is 1. The van der Waals surface area contributed by atoms with Crippen molar-refractivity contribution in [2.75, 3.05) is 13.2 Å². The molecule has 1 N–H and O–H groups in total. The minimum atomic E-state index is -0.0308. The Morgan fingerprint density at radius 1 is 1.41 bits per heavy atom. The lowest BCUT2D eigenvalue weighted by Crippen LogP contribution is -2.34. The van der Waals surface area contributed by atoms with Crippen LogP contribution in [0.3, 0.4) is 0 Å². The van der Waals surface area contributed by atoms with E-state index < -0.39 is 0 Å². The van der Waals surface area contributed by atoms with Gasteiger partial charge in [0.05, 0.1) is 17.1 Å². The smallest absolute Gasteiger partial charge is 0.226 e. The van der Waals surface area contributed by atoms with E-state index in [2.05, 4.69) is 10.3 Å². The van der Waals surface area contributed by atoms with Crippen molar-refractivity contribution in [1.29, 1.82) is 0 Å². The highest BCUT2D eigenvalue weighted by molar-refractivity contribution is 7.09. The molecule has 22 heavy (non-hydrogen) atoms. The number of carbonyl (C=O) groups excluding carboxylic acids is 1. The SMILES string of the molecule is Cc1nc(CC(=O)NCC[C@@H]2COc3ccccc3O2)cs1. The number of benzene rings is 1. The molecule has 5 nitrogen and oxygen atoms in total. The summed E-state index contributed by atoms with van der Waals surface area (Å²) in [5.41, 5.74) is 0.825. The van der Waals surface area contributed by atoms with Crippen LogP contribution < -0.4 is 14.8 Å². The highest BCUT2D eigenvalue weighted by Gasteiger charge is 2.20. The number of ether oxygens (including phenoxy) is 2. The van der Waals surface area contributed by atoms with E-state index in [0.717, 1.165) is 28.6 Å². The van der Waals surface area contributed by atoms with Gasteiger partial charge in [-0.2, -0.15) is 0 Å². The Kier molecular flexibility index (Phi) is 4.58. The molecule has 0 unspecified atom stereocenters. The van der Waals surface area contributed by atoms with Crippen LogP contribution in [0, 0.1) is 6.92 Å². The quantitative estimate of drug-likeness (QED) is 0.919. The normalized spacial score (nSPS) is 16.3. The number of carbonyl (C=O) groups is 1. The molecule has 1 aromatic heterocycles. The first-order chi connectivity index (χ1) is 10.7. The molecular weight excluding hydrogens is 300 g/mol. The van der Waals surface area contributed by atoms with E-state index in [0.29, 0.717) is 19.6 Å². The maximum Gasteiger partial charge on any atom is 0.226 e. The van der Waals surface area contributed by atoms with Crippen molar-refractivity contribution in [3.05, 3.63) is 40.3 Å². The van der Waals surface area contributed by atoms with Gasteiger partial charge >= 0.3 is 0 Å². The fraction of sp³-hybridized carbons (Fsp3) is 0.375. The molecule has 0 saturated heterocycles. The van der Waals surface area contributed by atoms with Crippen molar-refractivity contribution < 1.29 is 14.3 Å². The zero-order valence-corrected chi connectivity index (χ0v) is 13.2. The second-order valence-electron chi connectivity index (χ2n) is 5.17. The first-order valence-corrected chi connectivity index (χ1v) is 8.15. The van der Waals surface area contributed by atoms with Gasteiger partial charge in [-0.3, -0.25) is 4.79 Å². The fourth-order valence-corrected chi connectivity index (χ4v) is 2.91. The van der Waals surface area contributed by atoms with E-state index in [1.165, 1.54) is 0 Å². The topological polar surface area (TPSA) is 60.5 Å². The van der Waals surface area contributed by atoms with Crippen LogP contribution in [0.15, 0.2) is 29.6 Å². The van der Waals surface area contributed by atoms with Gasteiger partial charge in [0, 0.05) is 18.3 Å². The minimum Gasteiger partial charge on any atom is -0.486 e. The molecule has 2 heterocycles. The molecule has 0 radical (unpaired) electrons. The molecule has 0 fully saturated rings. The van der Waals surface area contributed by atoms with E-state index in [9.17, 15) is 4.79 Å². The number of nitrogens with one attached hydrogen (secondary N) is 1. The Hall–Kier alpha value is -2.08. The number of hydrogen-bond acceptors (Lipinski definition) is 5. The van der Waals surface area contributed by atoms with Gasteiger partial charge < -0.3 is 14.8 Å². The number of amides is 1. The van der Waals surface area contributed by atoms with Crippen molar-refractivity contribution in [2.45, 2.75) is 25.9 Å². The summed E-state index contributed by atoms with van der Waals surface area (Å²) in [6.07, 6.45) is 1.02. The summed E-state index contributed by atoms with van der Waals surface area (Å²) in [6.45, 7) is 3.01. The fourth-order valence-electron chi connectivity index (χ4n) is 2.29. The molecule has 0 saturated carbocycles. The molecule has 2 aromatic rings. The lowest BCUT2D eigenvalue weighted by Gasteiger charge is -2.26. The molecule has 1 atom stereocenters. The molecular formula is C16H18N2O3S. The average molecular weight is 318 g/mol. The van der Waals surface area contributed by atoms with Crippen molar-refractivity contribution in [1.82, 2.24) is 10.3 Å². The number of hydrogen-bond donors (Lipinski definition) is 1. The molecule has 0 spiro atoms. The number of aromatic nitrogens is 1. The third kappa shape index (κ3) is 3.76. The van der Waals surface area contributed by atoms with Crippen molar-refractivity contribution in [3.63, 3.8) is 0 Å². The van der Waals surface area contributed by atoms with E-state index in [1.807, 2.05) is 36.6 Å². The van der Waals surface area contributed by atoms with Gasteiger partial charge in [-0.1, -0.05) is 12.1 Å². The average Bonchev–Trinajstić information content (AvgIpc) is 2.92. The van der Waals surface area contributed by atoms with Crippen LogP contribution in [0.2, 0.25) is 0 Å². The van der Waals surface area contributed by atoms with Crippen LogP contribution >= 0.6 is 11.3 Å². The molecule has 1 aromatic carbocycles. The number of para-hydroxylation sites is 2. The summed E-state index contributed by atoms with van der Waals surface area (Å²) >= 11 is 1.56. The molecule has 0 aliphatic carbocycles. The summed E-state index contributed by atoms with van der Waals surface area (Å²) in [5.74, 6) is 1.53. The van der Waals surface area contributed by atoms with Gasteiger partial charge in [0.25, 0.3) is 0 Å². The number of rotatable bonds is 5. The predicted molar refractivity (Wildman–Crippen MR) is 84.5 cm³/mol. The van der Waals surface area contributed by atoms with Crippen LogP contribution in [0.25, 0.3) is 0 Å². The first-order valence-electron chi connectivity index (χ1n) is 7.27. The Balaban J connectivity index is 1.41. The zero-order valence-electron chi connectivity index (χ0n) is 12.4. The number of aryl methyl sites for hydroxylation is 1. The Morgan fingerprint density at radius 3 is 3.00 bits per heavy atom. The van der Waals surface area contributed by atoms with Gasteiger partial charge in [-0.05, 0) is 19.1 Å². The van der Waals surface area contributed by atoms with Gasteiger partial charge in [-0.15, -0.1) is 11.3 Å². The van der Waals surface area contributed by atoms with Crippen LogP contribution in [0.4, 0.5) is 0 Å². The summed E-state index contributed by atoms with van der Waals surface area (Å²) in [4.78, 5) is 16.1. The molecule has 6 heteroatoms. The van der Waals surface area contributed by atoms with E-state index in [4.69, 9.17) is 9.47 Å². The second-order valence-corrected chi connectivity index (χ2v) is 6.23. The van der Waals surface area contributed by atoms with Gasteiger partial charge in [0.15, 0.2) is 11.5 Å². The summed E-state index contributed by atoms with van der Waals surface area (Å²) in [6, 6.07) is 7.62. The molecule has 116 valence electrons. The second kappa shape index (κ2) is 6.79. The minimum absolute atomic E-state index is 0.0116. The van der Waals surface area contributed by atoms with Crippen molar-refractivity contribution >= 4 is 17.2 Å². The highest BCUT2D eigenvalue weighted by atomic mass is 32.1. The van der Waals surface area contributed by atoms with Gasteiger partial charge in [-0.25, -0.2) is 4.98 Å². The van der Waals surface area contributed by atoms with E-state index in [1.54, 1.807) is 11.3 Å². The summed E-state index contributed by atoms with van der Waals surface area (Å²) in [7, 11) is 0. The maximum absolute atomic E-state index is 11.8. The lowest BCUT2D eigenvalue weighted by molar-refractivity contribution is -0.120. The third-order valence-corrected chi connectivity index (χ3v) is 4.19. The molecule has 3 rings (SSSR count). The predicted octanol–water partition coefficient (Wildman–Crippen LogP) is 2.34. The number of nitrogens with zero attached hydrogens (tertiary/aromatic N) is 1.